The van der Waals surface area contributed by atoms with Crippen LogP contribution in [0.5, 0.6) is 5.75 Å². The van der Waals surface area contributed by atoms with Gasteiger partial charge in [0.2, 0.25) is 0 Å². The highest BCUT2D eigenvalue weighted by atomic mass is 35.5. The van der Waals surface area contributed by atoms with E-state index < -0.39 is 0 Å². The third kappa shape index (κ3) is 6.17. The van der Waals surface area contributed by atoms with Gasteiger partial charge in [-0.25, -0.2) is 0 Å². The summed E-state index contributed by atoms with van der Waals surface area (Å²) < 4.78 is 13.5. The first kappa shape index (κ1) is 24.3. The maximum absolute atomic E-state index is 12.9. The van der Waals surface area contributed by atoms with Crippen molar-refractivity contribution in [2.75, 3.05) is 32.9 Å². The fourth-order valence-corrected chi connectivity index (χ4v) is 4.16. The minimum Gasteiger partial charge on any atom is -0.491 e. The van der Waals surface area contributed by atoms with Gasteiger partial charge < -0.3 is 20.1 Å². The van der Waals surface area contributed by atoms with Gasteiger partial charge in [0, 0.05) is 31.6 Å². The average Bonchev–Trinajstić information content (AvgIpc) is 3.07. The molecule has 2 bridgehead atoms. The Morgan fingerprint density at radius 2 is 2.00 bits per heavy atom. The second-order valence-electron chi connectivity index (χ2n) is 8.42. The van der Waals surface area contributed by atoms with Gasteiger partial charge in [-0.1, -0.05) is 35.9 Å². The third-order valence-electron chi connectivity index (χ3n) is 5.85. The van der Waals surface area contributed by atoms with Crippen molar-refractivity contribution in [2.24, 2.45) is 0 Å². The average molecular weight is 483 g/mol. The first-order chi connectivity index (χ1) is 16.5. The maximum atomic E-state index is 12.9. The Morgan fingerprint density at radius 1 is 1.15 bits per heavy atom. The molecule has 4 rings (SSSR count). The quantitative estimate of drug-likeness (QED) is 0.593. The van der Waals surface area contributed by atoms with E-state index in [1.807, 2.05) is 30.7 Å². The number of carbonyl (C=O) groups is 1. The van der Waals surface area contributed by atoms with Crippen LogP contribution in [0.4, 0.5) is 0 Å². The molecule has 1 aromatic heterocycles. The fraction of sp³-hybridized carbons (Fsp3) is 0.385. The highest BCUT2D eigenvalue weighted by Crippen LogP contribution is 2.24. The van der Waals surface area contributed by atoms with Crippen LogP contribution in [-0.4, -0.2) is 48.6 Å². The molecule has 3 aromatic rings. The van der Waals surface area contributed by atoms with E-state index in [1.165, 1.54) is 11.1 Å². The molecule has 0 fully saturated rings. The van der Waals surface area contributed by atoms with E-state index in [9.17, 15) is 4.79 Å². The molecule has 0 unspecified atom stereocenters. The first-order valence-corrected chi connectivity index (χ1v) is 12.0. The zero-order valence-corrected chi connectivity index (χ0v) is 20.5. The highest BCUT2D eigenvalue weighted by Gasteiger charge is 2.13. The van der Waals surface area contributed by atoms with E-state index in [1.54, 1.807) is 6.07 Å². The van der Waals surface area contributed by atoms with Gasteiger partial charge in [0.15, 0.2) is 0 Å². The van der Waals surface area contributed by atoms with E-state index in [0.717, 1.165) is 35.8 Å². The summed E-state index contributed by atoms with van der Waals surface area (Å²) >= 11 is 6.22. The molecule has 7 nitrogen and oxygen atoms in total. The predicted octanol–water partition coefficient (Wildman–Crippen LogP) is 3.67. The predicted molar refractivity (Wildman–Crippen MR) is 133 cm³/mol. The standard InChI is InChI=1S/C26H31ClN4O3/c1-18-25(27)19(2)31(30-18)10-8-29-26(32)22-6-7-24-23(16-22)15-20-4-3-5-21(14-20)17-28-9-11-33-12-13-34-24/h3-7,14,16,28H,8-13,15,17H2,1-2H3,(H,29,32). The summed E-state index contributed by atoms with van der Waals surface area (Å²) in [5, 5.41) is 11.5. The molecule has 1 amide bonds. The van der Waals surface area contributed by atoms with Crippen LogP contribution in [0.1, 0.15) is 38.4 Å². The van der Waals surface area contributed by atoms with Crippen molar-refractivity contribution < 1.29 is 14.3 Å². The Labute approximate surface area is 205 Å². The fourth-order valence-electron chi connectivity index (χ4n) is 4.03. The summed E-state index contributed by atoms with van der Waals surface area (Å²) in [6.45, 7) is 8.02. The molecule has 8 heteroatoms. The van der Waals surface area contributed by atoms with E-state index in [4.69, 9.17) is 21.1 Å². The summed E-state index contributed by atoms with van der Waals surface area (Å²) in [6, 6.07) is 14.1. The number of aryl methyl sites for hydroxylation is 1. The van der Waals surface area contributed by atoms with E-state index in [2.05, 4.69) is 40.0 Å². The minimum atomic E-state index is -0.129. The lowest BCUT2D eigenvalue weighted by atomic mass is 9.99. The van der Waals surface area contributed by atoms with Gasteiger partial charge >= 0.3 is 0 Å². The second-order valence-corrected chi connectivity index (χ2v) is 8.80. The molecule has 180 valence electrons. The van der Waals surface area contributed by atoms with Crippen LogP contribution in [-0.2, 0) is 24.2 Å². The van der Waals surface area contributed by atoms with E-state index in [0.29, 0.717) is 49.9 Å². The lowest BCUT2D eigenvalue weighted by Gasteiger charge is -2.15. The number of ether oxygens (including phenoxy) is 2. The minimum absolute atomic E-state index is 0.129. The van der Waals surface area contributed by atoms with Gasteiger partial charge in [0.25, 0.3) is 5.91 Å². The Kier molecular flexibility index (Phi) is 8.21. The summed E-state index contributed by atoms with van der Waals surface area (Å²) in [5.41, 5.74) is 5.66. The number of carbonyl (C=O) groups excluding carboxylic acids is 1. The van der Waals surface area contributed by atoms with Crippen LogP contribution in [0.3, 0.4) is 0 Å². The molecule has 1 aliphatic heterocycles. The zero-order chi connectivity index (χ0) is 23.9. The molecule has 0 radical (unpaired) electrons. The first-order valence-electron chi connectivity index (χ1n) is 11.6. The second kappa shape index (κ2) is 11.5. The van der Waals surface area contributed by atoms with Crippen molar-refractivity contribution >= 4 is 17.5 Å². The van der Waals surface area contributed by atoms with Crippen LogP contribution >= 0.6 is 11.6 Å². The number of halogens is 1. The molecule has 0 aliphatic carbocycles. The molecule has 0 atom stereocenters. The van der Waals surface area contributed by atoms with Gasteiger partial charge in [-0.3, -0.25) is 9.48 Å². The van der Waals surface area contributed by atoms with E-state index in [-0.39, 0.29) is 5.91 Å². The van der Waals surface area contributed by atoms with Crippen molar-refractivity contribution in [3.8, 4) is 5.75 Å². The largest absolute Gasteiger partial charge is 0.491 e. The number of aromatic nitrogens is 2. The molecule has 0 spiro atoms. The van der Waals surface area contributed by atoms with Crippen LogP contribution in [0.2, 0.25) is 5.02 Å². The Morgan fingerprint density at radius 3 is 2.82 bits per heavy atom. The molecule has 1 aliphatic rings. The summed E-state index contributed by atoms with van der Waals surface area (Å²) in [4.78, 5) is 12.9. The van der Waals surface area contributed by atoms with Crippen molar-refractivity contribution in [1.29, 1.82) is 0 Å². The molecule has 2 N–H and O–H groups in total. The zero-order valence-electron chi connectivity index (χ0n) is 19.7. The number of nitrogens with zero attached hydrogens (tertiary/aromatic N) is 2. The van der Waals surface area contributed by atoms with Gasteiger partial charge in [-0.05, 0) is 48.7 Å². The third-order valence-corrected chi connectivity index (χ3v) is 6.40. The van der Waals surface area contributed by atoms with Crippen molar-refractivity contribution in [2.45, 2.75) is 33.4 Å². The molecule has 2 heterocycles. The van der Waals surface area contributed by atoms with Gasteiger partial charge in [0.1, 0.15) is 12.4 Å². The van der Waals surface area contributed by atoms with Crippen molar-refractivity contribution in [3.63, 3.8) is 0 Å². The topological polar surface area (TPSA) is 77.4 Å². The molecule has 0 saturated heterocycles. The molecular formula is C26H31ClN4O3. The number of hydrogen-bond acceptors (Lipinski definition) is 5. The van der Waals surface area contributed by atoms with E-state index >= 15 is 0 Å². The summed E-state index contributed by atoms with van der Waals surface area (Å²) in [6.07, 6.45) is 0.676. The maximum Gasteiger partial charge on any atom is 0.251 e. The smallest absolute Gasteiger partial charge is 0.251 e. The summed E-state index contributed by atoms with van der Waals surface area (Å²) in [5.74, 6) is 0.647. The Hall–Kier alpha value is -2.87. The molecule has 2 aromatic carbocycles. The van der Waals surface area contributed by atoms with Crippen LogP contribution < -0.4 is 15.4 Å². The summed E-state index contributed by atoms with van der Waals surface area (Å²) in [7, 11) is 0. The van der Waals surface area contributed by atoms with Gasteiger partial charge in [0.05, 0.1) is 36.2 Å². The number of rotatable bonds is 4. The van der Waals surface area contributed by atoms with Gasteiger partial charge in [-0.2, -0.15) is 5.10 Å². The van der Waals surface area contributed by atoms with Crippen molar-refractivity contribution in [3.05, 3.63) is 81.1 Å². The molecule has 0 saturated carbocycles. The lowest BCUT2D eigenvalue weighted by molar-refractivity contribution is 0.0950. The number of amides is 1. The lowest BCUT2D eigenvalue weighted by Crippen LogP contribution is -2.28. The highest BCUT2D eigenvalue weighted by molar-refractivity contribution is 6.31. The number of hydrogen-bond donors (Lipinski definition) is 2. The normalized spacial score (nSPS) is 14.6. The van der Waals surface area contributed by atoms with Crippen LogP contribution in [0.15, 0.2) is 42.5 Å². The molecule has 34 heavy (non-hydrogen) atoms. The SMILES string of the molecule is Cc1nn(CCNC(=O)c2ccc3c(c2)Cc2cccc(c2)CNCCOCCO3)c(C)c1Cl. The monoisotopic (exact) mass is 482 g/mol. The number of benzene rings is 2. The Balaban J connectivity index is 1.48. The number of nitrogens with one attached hydrogen (secondary N) is 2. The van der Waals surface area contributed by atoms with Crippen LogP contribution in [0, 0.1) is 13.8 Å². The number of fused-ring (bicyclic) bond motifs is 3. The van der Waals surface area contributed by atoms with Crippen molar-refractivity contribution in [1.82, 2.24) is 20.4 Å². The van der Waals surface area contributed by atoms with Crippen LogP contribution in [0.25, 0.3) is 0 Å². The molecular weight excluding hydrogens is 452 g/mol. The Bertz CT molecular complexity index is 1150. The van der Waals surface area contributed by atoms with Gasteiger partial charge in [-0.15, -0.1) is 0 Å².